The van der Waals surface area contributed by atoms with Gasteiger partial charge >= 0.3 is 5.69 Å². The minimum absolute atomic E-state index is 0.126. The fraction of sp³-hybridized carbons (Fsp3) is 0.316. The van der Waals surface area contributed by atoms with Crippen molar-refractivity contribution in [1.29, 1.82) is 0 Å². The molecule has 0 heterocycles. The van der Waals surface area contributed by atoms with Gasteiger partial charge in [-0.3, -0.25) is 14.9 Å². The molecule has 1 N–H and O–H groups in total. The van der Waals surface area contributed by atoms with E-state index < -0.39 is 4.92 Å². The number of rotatable bonds is 6. The monoisotopic (exact) mass is 342 g/mol. The zero-order valence-corrected chi connectivity index (χ0v) is 14.8. The minimum Gasteiger partial charge on any atom is -0.477 e. The lowest BCUT2D eigenvalue weighted by atomic mass is 10.0. The topological polar surface area (TPSA) is 81.5 Å². The molecule has 0 saturated heterocycles. The van der Waals surface area contributed by atoms with Crippen LogP contribution in [-0.4, -0.2) is 17.4 Å². The quantitative estimate of drug-likeness (QED) is 0.625. The first-order valence-electron chi connectivity index (χ1n) is 8.06. The Morgan fingerprint density at radius 1 is 1.20 bits per heavy atom. The highest BCUT2D eigenvalue weighted by molar-refractivity contribution is 5.92. The first kappa shape index (κ1) is 18.4. The average Bonchev–Trinajstić information content (AvgIpc) is 2.53. The van der Waals surface area contributed by atoms with E-state index in [1.54, 1.807) is 19.9 Å². The number of hydrogen-bond acceptors (Lipinski definition) is 4. The molecule has 0 aliphatic carbocycles. The van der Waals surface area contributed by atoms with Crippen LogP contribution in [0, 0.1) is 24.0 Å². The summed E-state index contributed by atoms with van der Waals surface area (Å²) in [5.74, 6) is 0.172. The largest absolute Gasteiger partial charge is 0.477 e. The van der Waals surface area contributed by atoms with E-state index in [2.05, 4.69) is 19.2 Å². The number of carbonyl (C=O) groups is 1. The van der Waals surface area contributed by atoms with Crippen molar-refractivity contribution >= 4 is 17.3 Å². The van der Waals surface area contributed by atoms with Crippen LogP contribution < -0.4 is 10.1 Å². The van der Waals surface area contributed by atoms with Gasteiger partial charge in [0.2, 0.25) is 5.75 Å². The third-order valence-corrected chi connectivity index (χ3v) is 3.80. The van der Waals surface area contributed by atoms with Gasteiger partial charge in [0.15, 0.2) is 6.61 Å². The number of carbonyl (C=O) groups excluding carboxylic acids is 1. The lowest BCUT2D eigenvalue weighted by Crippen LogP contribution is -2.20. The van der Waals surface area contributed by atoms with Crippen LogP contribution in [0.5, 0.6) is 5.75 Å². The van der Waals surface area contributed by atoms with Crippen molar-refractivity contribution in [2.24, 2.45) is 0 Å². The summed E-state index contributed by atoms with van der Waals surface area (Å²) < 4.78 is 5.43. The molecule has 132 valence electrons. The summed E-state index contributed by atoms with van der Waals surface area (Å²) in [5.41, 5.74) is 3.10. The number of anilines is 1. The molecular formula is C19H22N2O4. The summed E-state index contributed by atoms with van der Waals surface area (Å²) in [6.07, 6.45) is 0. The standard InChI is InChI=1S/C19H22N2O4/c1-12(2)15-5-7-16(8-6-15)20-18(22)11-25-19-14(4)9-13(3)10-17(19)21(23)24/h5-10,12H,11H2,1-4H3,(H,20,22). The van der Waals surface area contributed by atoms with Gasteiger partial charge in [0, 0.05) is 11.8 Å². The van der Waals surface area contributed by atoms with Gasteiger partial charge in [-0.1, -0.05) is 32.0 Å². The maximum atomic E-state index is 12.1. The number of benzene rings is 2. The Balaban J connectivity index is 2.04. The Kier molecular flexibility index (Phi) is 5.75. The number of ether oxygens (including phenoxy) is 1. The number of aryl methyl sites for hydroxylation is 2. The molecule has 0 spiro atoms. The van der Waals surface area contributed by atoms with Crippen molar-refractivity contribution in [1.82, 2.24) is 0 Å². The first-order chi connectivity index (χ1) is 11.8. The Labute approximate surface area is 147 Å². The fourth-order valence-electron chi connectivity index (χ4n) is 2.54. The van der Waals surface area contributed by atoms with Gasteiger partial charge in [0.05, 0.1) is 4.92 Å². The smallest absolute Gasteiger partial charge is 0.311 e. The van der Waals surface area contributed by atoms with Gasteiger partial charge in [-0.25, -0.2) is 0 Å². The first-order valence-corrected chi connectivity index (χ1v) is 8.06. The molecule has 1 amide bonds. The highest BCUT2D eigenvalue weighted by Crippen LogP contribution is 2.32. The molecule has 2 rings (SSSR count). The van der Waals surface area contributed by atoms with Crippen LogP contribution in [0.25, 0.3) is 0 Å². The van der Waals surface area contributed by atoms with Crippen molar-refractivity contribution in [3.05, 3.63) is 63.2 Å². The number of nitrogens with zero attached hydrogens (tertiary/aromatic N) is 1. The van der Waals surface area contributed by atoms with Crippen molar-refractivity contribution in [3.8, 4) is 5.75 Å². The predicted molar refractivity (Wildman–Crippen MR) is 97.2 cm³/mol. The molecule has 0 aliphatic heterocycles. The Bertz CT molecular complexity index is 783. The third-order valence-electron chi connectivity index (χ3n) is 3.80. The maximum absolute atomic E-state index is 12.1. The Morgan fingerprint density at radius 3 is 2.40 bits per heavy atom. The van der Waals surface area contributed by atoms with E-state index in [4.69, 9.17) is 4.74 Å². The molecule has 0 aromatic heterocycles. The van der Waals surface area contributed by atoms with Gasteiger partial charge in [-0.15, -0.1) is 0 Å². The molecule has 6 nitrogen and oxygen atoms in total. The van der Waals surface area contributed by atoms with Gasteiger partial charge in [-0.2, -0.15) is 0 Å². The molecule has 2 aromatic carbocycles. The van der Waals surface area contributed by atoms with E-state index in [-0.39, 0.29) is 24.0 Å². The number of amides is 1. The van der Waals surface area contributed by atoms with Crippen LogP contribution >= 0.6 is 0 Å². The summed E-state index contributed by atoms with van der Waals surface area (Å²) in [4.78, 5) is 22.7. The van der Waals surface area contributed by atoms with Crippen LogP contribution in [0.1, 0.15) is 36.5 Å². The van der Waals surface area contributed by atoms with E-state index in [0.29, 0.717) is 17.2 Å². The molecule has 0 unspecified atom stereocenters. The minimum atomic E-state index is -0.502. The zero-order valence-electron chi connectivity index (χ0n) is 14.8. The zero-order chi connectivity index (χ0) is 18.6. The summed E-state index contributed by atoms with van der Waals surface area (Å²) in [6, 6.07) is 10.8. The average molecular weight is 342 g/mol. The molecular weight excluding hydrogens is 320 g/mol. The molecule has 2 aromatic rings. The van der Waals surface area contributed by atoms with Crippen molar-refractivity contribution in [3.63, 3.8) is 0 Å². The molecule has 0 bridgehead atoms. The number of hydrogen-bond donors (Lipinski definition) is 1. The molecule has 0 aliphatic rings. The SMILES string of the molecule is Cc1cc(C)c(OCC(=O)Nc2ccc(C(C)C)cc2)c([N+](=O)[O-])c1. The number of nitro groups is 1. The lowest BCUT2D eigenvalue weighted by Gasteiger charge is -2.11. The van der Waals surface area contributed by atoms with Crippen molar-refractivity contribution in [2.45, 2.75) is 33.6 Å². The van der Waals surface area contributed by atoms with Gasteiger partial charge in [-0.05, 0) is 48.6 Å². The molecule has 0 saturated carbocycles. The second-order valence-electron chi connectivity index (χ2n) is 6.30. The van der Waals surface area contributed by atoms with Gasteiger partial charge < -0.3 is 10.1 Å². The number of nitrogens with one attached hydrogen (secondary N) is 1. The summed E-state index contributed by atoms with van der Waals surface area (Å²) in [5, 5.41) is 13.9. The highest BCUT2D eigenvalue weighted by Gasteiger charge is 2.19. The van der Waals surface area contributed by atoms with E-state index in [1.165, 1.54) is 11.6 Å². The predicted octanol–water partition coefficient (Wildman–Crippen LogP) is 4.35. The Morgan fingerprint density at radius 2 is 1.84 bits per heavy atom. The molecule has 0 radical (unpaired) electrons. The molecule has 6 heteroatoms. The Hall–Kier alpha value is -2.89. The van der Waals surface area contributed by atoms with Gasteiger partial charge in [0.25, 0.3) is 5.91 Å². The summed E-state index contributed by atoms with van der Waals surface area (Å²) >= 11 is 0. The van der Waals surface area contributed by atoms with Crippen LogP contribution in [0.2, 0.25) is 0 Å². The normalized spacial score (nSPS) is 10.6. The third kappa shape index (κ3) is 4.79. The van der Waals surface area contributed by atoms with Crippen molar-refractivity contribution < 1.29 is 14.5 Å². The van der Waals surface area contributed by atoms with Crippen LogP contribution in [0.3, 0.4) is 0 Å². The highest BCUT2D eigenvalue weighted by atomic mass is 16.6. The van der Waals surface area contributed by atoms with E-state index in [0.717, 1.165) is 5.56 Å². The van der Waals surface area contributed by atoms with Crippen LogP contribution in [0.15, 0.2) is 36.4 Å². The second-order valence-corrected chi connectivity index (χ2v) is 6.30. The molecule has 0 atom stereocenters. The van der Waals surface area contributed by atoms with E-state index in [9.17, 15) is 14.9 Å². The molecule has 0 fully saturated rings. The summed E-state index contributed by atoms with van der Waals surface area (Å²) in [7, 11) is 0. The van der Waals surface area contributed by atoms with Crippen molar-refractivity contribution in [2.75, 3.05) is 11.9 Å². The van der Waals surface area contributed by atoms with Crippen LogP contribution in [0.4, 0.5) is 11.4 Å². The van der Waals surface area contributed by atoms with E-state index >= 15 is 0 Å². The lowest BCUT2D eigenvalue weighted by molar-refractivity contribution is -0.385. The maximum Gasteiger partial charge on any atom is 0.311 e. The van der Waals surface area contributed by atoms with Gasteiger partial charge in [0.1, 0.15) is 0 Å². The second kappa shape index (κ2) is 7.79. The fourth-order valence-corrected chi connectivity index (χ4v) is 2.54. The van der Waals surface area contributed by atoms with Crippen LogP contribution in [-0.2, 0) is 4.79 Å². The van der Waals surface area contributed by atoms with E-state index in [1.807, 2.05) is 24.3 Å². The molecule has 25 heavy (non-hydrogen) atoms. The number of nitro benzene ring substituents is 1. The summed E-state index contributed by atoms with van der Waals surface area (Å²) in [6.45, 7) is 7.39.